The van der Waals surface area contributed by atoms with Crippen LogP contribution in [0.25, 0.3) is 0 Å². The van der Waals surface area contributed by atoms with Crippen LogP contribution in [0.15, 0.2) is 36.5 Å². The Hall–Kier alpha value is -2.43. The van der Waals surface area contributed by atoms with Crippen molar-refractivity contribution in [1.82, 2.24) is 4.98 Å². The van der Waals surface area contributed by atoms with E-state index in [1.165, 1.54) is 18.3 Å². The Morgan fingerprint density at radius 1 is 1.33 bits per heavy atom. The number of nitrogen functional groups attached to an aromatic ring is 1. The maximum atomic E-state index is 13.1. The lowest BCUT2D eigenvalue weighted by Gasteiger charge is -2.06. The van der Waals surface area contributed by atoms with Gasteiger partial charge in [-0.15, -0.1) is 0 Å². The summed E-state index contributed by atoms with van der Waals surface area (Å²) in [5, 5.41) is 2.66. The summed E-state index contributed by atoms with van der Waals surface area (Å²) < 4.78 is 13.1. The Bertz CT molecular complexity index is 581. The SMILES string of the molecule is Cc1cc(NC(=O)c2ccc(N)nc2)ccc1F. The number of nitrogens with two attached hydrogens (primary N) is 1. The summed E-state index contributed by atoms with van der Waals surface area (Å²) in [5.41, 5.74) is 6.84. The number of halogens is 1. The highest BCUT2D eigenvalue weighted by Crippen LogP contribution is 2.14. The summed E-state index contributed by atoms with van der Waals surface area (Å²) >= 11 is 0. The minimum atomic E-state index is -0.312. The fraction of sp³-hybridized carbons (Fsp3) is 0.0769. The lowest BCUT2D eigenvalue weighted by molar-refractivity contribution is 0.102. The fourth-order valence-corrected chi connectivity index (χ4v) is 1.47. The molecule has 2 aromatic rings. The molecule has 1 aromatic carbocycles. The Kier molecular flexibility index (Phi) is 3.23. The van der Waals surface area contributed by atoms with Gasteiger partial charge in [-0.3, -0.25) is 4.79 Å². The van der Waals surface area contributed by atoms with Crippen molar-refractivity contribution in [3.8, 4) is 0 Å². The van der Waals surface area contributed by atoms with Gasteiger partial charge in [-0.1, -0.05) is 0 Å². The average molecular weight is 245 g/mol. The van der Waals surface area contributed by atoms with Gasteiger partial charge >= 0.3 is 0 Å². The number of hydrogen-bond donors (Lipinski definition) is 2. The largest absolute Gasteiger partial charge is 0.384 e. The summed E-state index contributed by atoms with van der Waals surface area (Å²) in [6.45, 7) is 1.63. The van der Waals surface area contributed by atoms with E-state index in [0.717, 1.165) is 0 Å². The second kappa shape index (κ2) is 4.83. The van der Waals surface area contributed by atoms with Gasteiger partial charge in [-0.2, -0.15) is 0 Å². The van der Waals surface area contributed by atoms with Gasteiger partial charge in [0.15, 0.2) is 0 Å². The van der Waals surface area contributed by atoms with E-state index in [-0.39, 0.29) is 11.7 Å². The minimum Gasteiger partial charge on any atom is -0.384 e. The number of nitrogens with zero attached hydrogens (tertiary/aromatic N) is 1. The summed E-state index contributed by atoms with van der Waals surface area (Å²) in [6, 6.07) is 7.51. The van der Waals surface area contributed by atoms with E-state index < -0.39 is 0 Å². The molecule has 0 spiro atoms. The smallest absolute Gasteiger partial charge is 0.257 e. The number of anilines is 2. The van der Waals surface area contributed by atoms with Gasteiger partial charge in [0.1, 0.15) is 11.6 Å². The van der Waals surface area contributed by atoms with Crippen LogP contribution in [-0.4, -0.2) is 10.9 Å². The number of carbonyl (C=O) groups excluding carboxylic acids is 1. The Labute approximate surface area is 104 Å². The molecule has 18 heavy (non-hydrogen) atoms. The molecular weight excluding hydrogens is 233 g/mol. The molecule has 5 heteroatoms. The highest BCUT2D eigenvalue weighted by Gasteiger charge is 2.07. The normalized spacial score (nSPS) is 10.1. The quantitative estimate of drug-likeness (QED) is 0.853. The molecule has 3 N–H and O–H groups in total. The number of rotatable bonds is 2. The maximum absolute atomic E-state index is 13.1. The molecule has 0 fully saturated rings. The molecule has 1 aromatic heterocycles. The number of aromatic nitrogens is 1. The Morgan fingerprint density at radius 3 is 2.72 bits per heavy atom. The molecule has 0 radical (unpaired) electrons. The number of amides is 1. The number of carbonyl (C=O) groups is 1. The van der Waals surface area contributed by atoms with Crippen molar-refractivity contribution >= 4 is 17.4 Å². The summed E-state index contributed by atoms with van der Waals surface area (Å²) in [7, 11) is 0. The molecule has 0 aliphatic heterocycles. The topological polar surface area (TPSA) is 68.0 Å². The van der Waals surface area contributed by atoms with Crippen molar-refractivity contribution < 1.29 is 9.18 Å². The first-order valence-electron chi connectivity index (χ1n) is 5.35. The van der Waals surface area contributed by atoms with E-state index in [2.05, 4.69) is 10.3 Å². The zero-order valence-electron chi connectivity index (χ0n) is 9.77. The first kappa shape index (κ1) is 12.0. The highest BCUT2D eigenvalue weighted by atomic mass is 19.1. The number of aryl methyl sites for hydroxylation is 1. The third kappa shape index (κ3) is 2.63. The van der Waals surface area contributed by atoms with Crippen molar-refractivity contribution in [1.29, 1.82) is 0 Å². The van der Waals surface area contributed by atoms with E-state index >= 15 is 0 Å². The van der Waals surface area contributed by atoms with Gasteiger partial charge in [-0.05, 0) is 42.8 Å². The summed E-state index contributed by atoms with van der Waals surface area (Å²) in [4.78, 5) is 15.7. The van der Waals surface area contributed by atoms with E-state index in [0.29, 0.717) is 22.6 Å². The van der Waals surface area contributed by atoms with Crippen LogP contribution in [0.1, 0.15) is 15.9 Å². The molecule has 0 aliphatic rings. The third-order valence-electron chi connectivity index (χ3n) is 2.46. The van der Waals surface area contributed by atoms with E-state index in [4.69, 9.17) is 5.73 Å². The van der Waals surface area contributed by atoms with Crippen LogP contribution in [0.3, 0.4) is 0 Å². The molecule has 92 valence electrons. The predicted octanol–water partition coefficient (Wildman–Crippen LogP) is 2.36. The second-order valence-electron chi connectivity index (χ2n) is 3.89. The first-order valence-corrected chi connectivity index (χ1v) is 5.35. The summed E-state index contributed by atoms with van der Waals surface area (Å²) in [6.07, 6.45) is 1.39. The standard InChI is InChI=1S/C13H12FN3O/c1-8-6-10(3-4-11(8)14)17-13(18)9-2-5-12(15)16-7-9/h2-7H,1H3,(H2,15,16)(H,17,18). The van der Waals surface area contributed by atoms with Crippen molar-refractivity contribution in [2.45, 2.75) is 6.92 Å². The lowest BCUT2D eigenvalue weighted by Crippen LogP contribution is -2.12. The van der Waals surface area contributed by atoms with E-state index in [9.17, 15) is 9.18 Å². The monoisotopic (exact) mass is 245 g/mol. The number of nitrogens with one attached hydrogen (secondary N) is 1. The Morgan fingerprint density at radius 2 is 2.11 bits per heavy atom. The molecule has 4 nitrogen and oxygen atoms in total. The molecule has 0 aliphatic carbocycles. The molecule has 1 amide bonds. The van der Waals surface area contributed by atoms with Crippen LogP contribution in [0.2, 0.25) is 0 Å². The molecule has 2 rings (SSSR count). The highest BCUT2D eigenvalue weighted by molar-refractivity contribution is 6.04. The lowest BCUT2D eigenvalue weighted by atomic mass is 10.2. The van der Waals surface area contributed by atoms with Crippen molar-refractivity contribution in [2.75, 3.05) is 11.1 Å². The molecular formula is C13H12FN3O. The number of hydrogen-bond acceptors (Lipinski definition) is 3. The van der Waals surface area contributed by atoms with Gasteiger partial charge in [0.05, 0.1) is 5.56 Å². The molecule has 0 atom stereocenters. The average Bonchev–Trinajstić information content (AvgIpc) is 2.34. The van der Waals surface area contributed by atoms with Gasteiger partial charge in [0, 0.05) is 11.9 Å². The van der Waals surface area contributed by atoms with Gasteiger partial charge in [0.2, 0.25) is 0 Å². The number of benzene rings is 1. The molecule has 0 saturated heterocycles. The van der Waals surface area contributed by atoms with Crippen LogP contribution in [0.4, 0.5) is 15.9 Å². The zero-order valence-corrected chi connectivity index (χ0v) is 9.77. The van der Waals surface area contributed by atoms with E-state index in [1.807, 2.05) is 0 Å². The van der Waals surface area contributed by atoms with Crippen molar-refractivity contribution in [2.24, 2.45) is 0 Å². The summed E-state index contributed by atoms with van der Waals surface area (Å²) in [5.74, 6) is -0.264. The molecule has 0 saturated carbocycles. The van der Waals surface area contributed by atoms with Gasteiger partial charge in [0.25, 0.3) is 5.91 Å². The predicted molar refractivity (Wildman–Crippen MR) is 67.7 cm³/mol. The minimum absolute atomic E-state index is 0.304. The van der Waals surface area contributed by atoms with Crippen LogP contribution in [0.5, 0.6) is 0 Å². The Balaban J connectivity index is 2.16. The third-order valence-corrected chi connectivity index (χ3v) is 2.46. The molecule has 0 bridgehead atoms. The maximum Gasteiger partial charge on any atom is 0.257 e. The zero-order chi connectivity index (χ0) is 13.1. The van der Waals surface area contributed by atoms with Crippen LogP contribution in [0, 0.1) is 12.7 Å². The van der Waals surface area contributed by atoms with Crippen molar-refractivity contribution in [3.05, 3.63) is 53.5 Å². The molecule has 0 unspecified atom stereocenters. The number of pyridine rings is 1. The molecule has 1 heterocycles. The van der Waals surface area contributed by atoms with Crippen LogP contribution in [-0.2, 0) is 0 Å². The van der Waals surface area contributed by atoms with Crippen LogP contribution >= 0.6 is 0 Å². The second-order valence-corrected chi connectivity index (χ2v) is 3.89. The van der Waals surface area contributed by atoms with Gasteiger partial charge < -0.3 is 11.1 Å². The van der Waals surface area contributed by atoms with Gasteiger partial charge in [-0.25, -0.2) is 9.37 Å². The first-order chi connectivity index (χ1) is 8.56. The van der Waals surface area contributed by atoms with Crippen LogP contribution < -0.4 is 11.1 Å². The van der Waals surface area contributed by atoms with E-state index in [1.54, 1.807) is 25.1 Å². The van der Waals surface area contributed by atoms with Crippen molar-refractivity contribution in [3.63, 3.8) is 0 Å². The fourth-order valence-electron chi connectivity index (χ4n) is 1.47.